The maximum atomic E-state index is 12.0. The van der Waals surface area contributed by atoms with Crippen molar-refractivity contribution in [2.24, 2.45) is 0 Å². The third kappa shape index (κ3) is 2.81. The number of carbonyl (C=O) groups excluding carboxylic acids is 1. The highest BCUT2D eigenvalue weighted by atomic mass is 16.5. The predicted molar refractivity (Wildman–Crippen MR) is 91.7 cm³/mol. The Morgan fingerprint density at radius 2 is 2.08 bits per heavy atom. The number of nitrogens with one attached hydrogen (secondary N) is 2. The summed E-state index contributed by atoms with van der Waals surface area (Å²) in [6.45, 7) is 3.17. The Kier molecular flexibility index (Phi) is 3.84. The smallest absolute Gasteiger partial charge is 0.259 e. The van der Waals surface area contributed by atoms with Crippen molar-refractivity contribution in [3.8, 4) is 0 Å². The van der Waals surface area contributed by atoms with Gasteiger partial charge in [-0.3, -0.25) is 4.79 Å². The topological polar surface area (TPSA) is 79.4 Å². The van der Waals surface area contributed by atoms with Crippen molar-refractivity contribution in [2.75, 3.05) is 41.8 Å². The molecule has 1 saturated heterocycles. The average Bonchev–Trinajstić information content (AvgIpc) is 2.96. The first-order chi connectivity index (χ1) is 11.8. The molecular weight excluding hydrogens is 306 g/mol. The number of amides is 1. The van der Waals surface area contributed by atoms with E-state index in [4.69, 9.17) is 4.74 Å². The van der Waals surface area contributed by atoms with E-state index in [0.29, 0.717) is 11.4 Å². The Bertz CT molecular complexity index is 782. The second kappa shape index (κ2) is 6.29. The van der Waals surface area contributed by atoms with Crippen LogP contribution < -0.4 is 15.5 Å². The first kappa shape index (κ1) is 14.6. The fourth-order valence-electron chi connectivity index (χ4n) is 2.77. The molecular formula is C17H17N5O2. The van der Waals surface area contributed by atoms with Crippen molar-refractivity contribution in [1.82, 2.24) is 9.97 Å². The summed E-state index contributed by atoms with van der Waals surface area (Å²) in [7, 11) is 0. The minimum atomic E-state index is -0.158. The number of carbonyl (C=O) groups is 1. The zero-order valence-electron chi connectivity index (χ0n) is 13.0. The van der Waals surface area contributed by atoms with Gasteiger partial charge in [-0.2, -0.15) is 0 Å². The molecule has 2 aromatic heterocycles. The van der Waals surface area contributed by atoms with Gasteiger partial charge < -0.3 is 20.3 Å². The van der Waals surface area contributed by atoms with Gasteiger partial charge in [-0.05, 0) is 24.3 Å². The molecule has 122 valence electrons. The monoisotopic (exact) mass is 323 g/mol. The van der Waals surface area contributed by atoms with Gasteiger partial charge in [0.2, 0.25) is 0 Å². The Balaban J connectivity index is 1.49. The third-order valence-corrected chi connectivity index (χ3v) is 4.04. The second-order valence-corrected chi connectivity index (χ2v) is 5.56. The molecule has 7 heteroatoms. The molecule has 0 aliphatic carbocycles. The Morgan fingerprint density at radius 1 is 1.21 bits per heavy atom. The number of fused-ring (bicyclic) bond motifs is 1. The highest BCUT2D eigenvalue weighted by molar-refractivity contribution is 6.31. The van der Waals surface area contributed by atoms with Crippen LogP contribution in [0.4, 0.5) is 17.3 Å². The molecule has 4 heterocycles. The van der Waals surface area contributed by atoms with Crippen molar-refractivity contribution < 1.29 is 9.53 Å². The summed E-state index contributed by atoms with van der Waals surface area (Å²) in [5.41, 5.74) is 2.19. The lowest BCUT2D eigenvalue weighted by molar-refractivity contribution is -0.110. The van der Waals surface area contributed by atoms with Crippen LogP contribution in [0.1, 0.15) is 5.56 Å². The van der Waals surface area contributed by atoms with Crippen LogP contribution in [-0.4, -0.2) is 42.2 Å². The molecule has 2 aliphatic rings. The lowest BCUT2D eigenvalue weighted by Crippen LogP contribution is -2.36. The molecule has 0 bridgehead atoms. The fraction of sp³-hybridized carbons (Fsp3) is 0.235. The summed E-state index contributed by atoms with van der Waals surface area (Å²) >= 11 is 0. The van der Waals surface area contributed by atoms with E-state index in [1.807, 2.05) is 24.3 Å². The van der Waals surface area contributed by atoms with E-state index < -0.39 is 0 Å². The van der Waals surface area contributed by atoms with Gasteiger partial charge in [0, 0.05) is 31.0 Å². The van der Waals surface area contributed by atoms with Gasteiger partial charge in [0.1, 0.15) is 11.6 Å². The molecule has 2 N–H and O–H groups in total. The zero-order valence-corrected chi connectivity index (χ0v) is 13.0. The summed E-state index contributed by atoms with van der Waals surface area (Å²) in [5.74, 6) is 1.37. The lowest BCUT2D eigenvalue weighted by atomic mass is 10.1. The molecule has 0 radical (unpaired) electrons. The average molecular weight is 323 g/mol. The summed E-state index contributed by atoms with van der Waals surface area (Å²) in [4.78, 5) is 22.8. The van der Waals surface area contributed by atoms with Crippen LogP contribution >= 0.6 is 0 Å². The normalized spacial score (nSPS) is 18.4. The summed E-state index contributed by atoms with van der Waals surface area (Å²) < 4.78 is 5.35. The number of hydrogen-bond donors (Lipinski definition) is 2. The van der Waals surface area contributed by atoms with E-state index in [9.17, 15) is 4.79 Å². The van der Waals surface area contributed by atoms with Crippen LogP contribution in [0.3, 0.4) is 0 Å². The summed E-state index contributed by atoms with van der Waals surface area (Å²) in [5, 5.41) is 5.88. The van der Waals surface area contributed by atoms with E-state index in [-0.39, 0.29) is 5.91 Å². The van der Waals surface area contributed by atoms with Gasteiger partial charge in [-0.25, -0.2) is 9.97 Å². The molecule has 0 aromatic carbocycles. The van der Waals surface area contributed by atoms with Crippen LogP contribution in [0.25, 0.3) is 5.57 Å². The minimum absolute atomic E-state index is 0.158. The summed E-state index contributed by atoms with van der Waals surface area (Å²) in [6, 6.07) is 7.60. The van der Waals surface area contributed by atoms with Gasteiger partial charge in [0.25, 0.3) is 5.91 Å². The molecule has 0 saturated carbocycles. The maximum absolute atomic E-state index is 12.0. The zero-order chi connectivity index (χ0) is 16.4. The molecule has 0 spiro atoms. The Morgan fingerprint density at radius 3 is 2.88 bits per heavy atom. The second-order valence-electron chi connectivity index (χ2n) is 5.56. The highest BCUT2D eigenvalue weighted by Gasteiger charge is 2.24. The maximum Gasteiger partial charge on any atom is 0.259 e. The number of anilines is 3. The Hall–Kier alpha value is -2.93. The molecule has 2 aromatic rings. The number of ether oxygens (including phenoxy) is 1. The van der Waals surface area contributed by atoms with E-state index in [2.05, 4.69) is 25.5 Å². The molecule has 1 fully saturated rings. The van der Waals surface area contributed by atoms with Gasteiger partial charge in [0.05, 0.1) is 30.7 Å². The number of hydrogen-bond acceptors (Lipinski definition) is 6. The molecule has 0 unspecified atom stereocenters. The number of nitrogens with zero attached hydrogens (tertiary/aromatic N) is 3. The van der Waals surface area contributed by atoms with Crippen LogP contribution in [-0.2, 0) is 9.53 Å². The van der Waals surface area contributed by atoms with Gasteiger partial charge in [-0.15, -0.1) is 0 Å². The highest BCUT2D eigenvalue weighted by Crippen LogP contribution is 2.29. The van der Waals surface area contributed by atoms with E-state index in [1.165, 1.54) is 0 Å². The van der Waals surface area contributed by atoms with Crippen molar-refractivity contribution in [3.05, 3.63) is 48.4 Å². The molecule has 2 aliphatic heterocycles. The Labute approximate surface area is 139 Å². The quantitative estimate of drug-likeness (QED) is 0.837. The van der Waals surface area contributed by atoms with Crippen LogP contribution in [0.5, 0.6) is 0 Å². The van der Waals surface area contributed by atoms with Gasteiger partial charge in [-0.1, -0.05) is 0 Å². The molecule has 1 amide bonds. The number of aromatic nitrogens is 2. The van der Waals surface area contributed by atoms with Crippen molar-refractivity contribution in [2.45, 2.75) is 0 Å². The number of rotatable bonds is 3. The number of pyridine rings is 2. The molecule has 4 rings (SSSR count). The first-order valence-electron chi connectivity index (χ1n) is 7.83. The largest absolute Gasteiger partial charge is 0.378 e. The van der Waals surface area contributed by atoms with Crippen LogP contribution in [0.15, 0.2) is 42.9 Å². The minimum Gasteiger partial charge on any atom is -0.378 e. The number of morpholine rings is 1. The van der Waals surface area contributed by atoms with E-state index >= 15 is 0 Å². The first-order valence-corrected chi connectivity index (χ1v) is 7.83. The van der Waals surface area contributed by atoms with E-state index in [1.54, 1.807) is 18.6 Å². The van der Waals surface area contributed by atoms with Gasteiger partial charge in [0.15, 0.2) is 0 Å². The third-order valence-electron chi connectivity index (χ3n) is 4.04. The standard InChI is InChI=1S/C17H17N5O2/c23-17-14(13-2-1-5-18-16(13)21-17)11-19-12-3-4-15(20-10-12)22-6-8-24-9-7-22/h1-5,10-11,19H,6-9H2,(H,18,21,23)/b14-11-. The van der Waals surface area contributed by atoms with Crippen LogP contribution in [0, 0.1) is 0 Å². The lowest BCUT2D eigenvalue weighted by Gasteiger charge is -2.27. The fourth-order valence-corrected chi connectivity index (χ4v) is 2.77. The van der Waals surface area contributed by atoms with Crippen molar-refractivity contribution in [3.63, 3.8) is 0 Å². The van der Waals surface area contributed by atoms with Gasteiger partial charge >= 0.3 is 0 Å². The van der Waals surface area contributed by atoms with E-state index in [0.717, 1.165) is 43.4 Å². The predicted octanol–water partition coefficient (Wildman–Crippen LogP) is 1.72. The summed E-state index contributed by atoms with van der Waals surface area (Å²) in [6.07, 6.45) is 5.11. The van der Waals surface area contributed by atoms with Crippen LogP contribution in [0.2, 0.25) is 0 Å². The molecule has 7 nitrogen and oxygen atoms in total. The molecule has 24 heavy (non-hydrogen) atoms. The van der Waals surface area contributed by atoms with Crippen molar-refractivity contribution in [1.29, 1.82) is 0 Å². The SMILES string of the molecule is O=C1Nc2ncccc2/C1=C/Nc1ccc(N2CCOCC2)nc1. The molecule has 0 atom stereocenters. The van der Waals surface area contributed by atoms with Crippen molar-refractivity contribution >= 4 is 28.8 Å².